The molecule has 0 amide bonds. The number of nitrogens with zero attached hydrogens (tertiary/aromatic N) is 4. The monoisotopic (exact) mass is 422 g/mol. The highest BCUT2D eigenvalue weighted by molar-refractivity contribution is 5.71. The summed E-state index contributed by atoms with van der Waals surface area (Å²) in [4.78, 5) is 9.54. The van der Waals surface area contributed by atoms with Crippen LogP contribution in [0.5, 0.6) is 0 Å². The molecule has 1 N–H and O–H groups in total. The molecule has 0 aromatic heterocycles. The first kappa shape index (κ1) is 22.3. The van der Waals surface area contributed by atoms with Gasteiger partial charge in [-0.1, -0.05) is 36.4 Å². The van der Waals surface area contributed by atoms with Crippen LogP contribution in [0.4, 0.5) is 11.4 Å². The summed E-state index contributed by atoms with van der Waals surface area (Å²) < 4.78 is 0. The van der Waals surface area contributed by atoms with Crippen LogP contribution in [-0.4, -0.2) is 92.4 Å². The van der Waals surface area contributed by atoms with Gasteiger partial charge in [0.25, 0.3) is 0 Å². The van der Waals surface area contributed by atoms with Gasteiger partial charge in [-0.15, -0.1) is 0 Å². The molecule has 1 fully saturated rings. The molecule has 2 aromatic rings. The first-order valence-electron chi connectivity index (χ1n) is 11.8. The maximum absolute atomic E-state index is 10.6. The number of piperazine rings is 1. The van der Waals surface area contributed by atoms with Gasteiger partial charge in [0.15, 0.2) is 0 Å². The van der Waals surface area contributed by atoms with Crippen molar-refractivity contribution < 1.29 is 5.11 Å². The van der Waals surface area contributed by atoms with Crippen molar-refractivity contribution in [1.29, 1.82) is 0 Å². The number of rotatable bonds is 8. The molecule has 1 saturated heterocycles. The molecule has 168 valence electrons. The van der Waals surface area contributed by atoms with Crippen LogP contribution >= 0.6 is 0 Å². The summed E-state index contributed by atoms with van der Waals surface area (Å²) in [5.74, 6) is 0. The third kappa shape index (κ3) is 5.86. The van der Waals surface area contributed by atoms with E-state index in [0.717, 1.165) is 71.6 Å². The van der Waals surface area contributed by atoms with Gasteiger partial charge >= 0.3 is 0 Å². The van der Waals surface area contributed by atoms with E-state index in [9.17, 15) is 5.11 Å². The Morgan fingerprint density at radius 3 is 2.10 bits per heavy atom. The second-order valence-electron chi connectivity index (χ2n) is 9.28. The molecule has 5 heteroatoms. The van der Waals surface area contributed by atoms with Gasteiger partial charge in [0.2, 0.25) is 0 Å². The quantitative estimate of drug-likeness (QED) is 0.707. The lowest BCUT2D eigenvalue weighted by Gasteiger charge is -2.34. The van der Waals surface area contributed by atoms with Gasteiger partial charge in [0.1, 0.15) is 0 Å². The van der Waals surface area contributed by atoms with E-state index in [1.807, 2.05) is 0 Å². The van der Waals surface area contributed by atoms with Gasteiger partial charge in [-0.25, -0.2) is 0 Å². The summed E-state index contributed by atoms with van der Waals surface area (Å²) in [6, 6.07) is 17.7. The summed E-state index contributed by atoms with van der Waals surface area (Å²) in [5.41, 5.74) is 5.58. The van der Waals surface area contributed by atoms with E-state index < -0.39 is 0 Å². The van der Waals surface area contributed by atoms with E-state index in [1.54, 1.807) is 0 Å². The maximum atomic E-state index is 10.6. The van der Waals surface area contributed by atoms with Crippen molar-refractivity contribution in [3.8, 4) is 0 Å². The van der Waals surface area contributed by atoms with Crippen molar-refractivity contribution in [1.82, 2.24) is 14.7 Å². The maximum Gasteiger partial charge on any atom is 0.0793 e. The molecule has 31 heavy (non-hydrogen) atoms. The fourth-order valence-corrected chi connectivity index (χ4v) is 4.95. The lowest BCUT2D eigenvalue weighted by molar-refractivity contribution is 0.0607. The number of β-amino-alcohol motifs (C(OH)–C–C–N with tert-alkyl or cyclic N) is 1. The SMILES string of the molecule is CN1CCN(CC(O)CN(C)CCCN2c3ccccc3CCc3ccccc32)CC1. The average Bonchev–Trinajstić information content (AvgIpc) is 2.93. The molecule has 2 aromatic carbocycles. The average molecular weight is 423 g/mol. The van der Waals surface area contributed by atoms with E-state index in [-0.39, 0.29) is 6.10 Å². The van der Waals surface area contributed by atoms with Crippen LogP contribution in [0, 0.1) is 0 Å². The Morgan fingerprint density at radius 1 is 0.903 bits per heavy atom. The summed E-state index contributed by atoms with van der Waals surface area (Å²) in [5, 5.41) is 10.6. The van der Waals surface area contributed by atoms with Crippen molar-refractivity contribution in [2.45, 2.75) is 25.4 Å². The molecule has 2 heterocycles. The lowest BCUT2D eigenvalue weighted by atomic mass is 10.0. The molecule has 2 aliphatic rings. The Balaban J connectivity index is 1.31. The van der Waals surface area contributed by atoms with E-state index in [4.69, 9.17) is 0 Å². The minimum atomic E-state index is -0.284. The summed E-state index contributed by atoms with van der Waals surface area (Å²) >= 11 is 0. The zero-order valence-corrected chi connectivity index (χ0v) is 19.2. The van der Waals surface area contributed by atoms with E-state index >= 15 is 0 Å². The largest absolute Gasteiger partial charge is 0.390 e. The zero-order chi connectivity index (χ0) is 21.6. The number of likely N-dealkylation sites (N-methyl/N-ethyl adjacent to an activating group) is 2. The van der Waals surface area contributed by atoms with Gasteiger partial charge in [0.05, 0.1) is 6.10 Å². The molecular weight excluding hydrogens is 384 g/mol. The van der Waals surface area contributed by atoms with Gasteiger partial charge in [-0.05, 0) is 63.2 Å². The first-order valence-corrected chi connectivity index (χ1v) is 11.8. The lowest BCUT2D eigenvalue weighted by Crippen LogP contribution is -2.48. The van der Waals surface area contributed by atoms with Gasteiger partial charge in [0, 0.05) is 57.2 Å². The number of aryl methyl sites for hydroxylation is 2. The number of para-hydroxylation sites is 2. The Hall–Kier alpha value is -1.92. The fraction of sp³-hybridized carbons (Fsp3) is 0.538. The van der Waals surface area contributed by atoms with Crippen LogP contribution < -0.4 is 4.90 Å². The van der Waals surface area contributed by atoms with Gasteiger partial charge in [-0.3, -0.25) is 4.90 Å². The second kappa shape index (κ2) is 10.6. The van der Waals surface area contributed by atoms with Gasteiger partial charge in [-0.2, -0.15) is 0 Å². The number of aliphatic hydroxyl groups excluding tert-OH is 1. The van der Waals surface area contributed by atoms with Crippen molar-refractivity contribution in [3.05, 3.63) is 59.7 Å². The predicted octanol–water partition coefficient (Wildman–Crippen LogP) is 2.85. The molecule has 0 bridgehead atoms. The topological polar surface area (TPSA) is 33.2 Å². The third-order valence-corrected chi connectivity index (χ3v) is 6.74. The first-order chi connectivity index (χ1) is 15.1. The van der Waals surface area contributed by atoms with Crippen molar-refractivity contribution >= 4 is 11.4 Å². The van der Waals surface area contributed by atoms with Crippen molar-refractivity contribution in [2.24, 2.45) is 0 Å². The number of hydrogen-bond donors (Lipinski definition) is 1. The number of hydrogen-bond acceptors (Lipinski definition) is 5. The van der Waals surface area contributed by atoms with Crippen molar-refractivity contribution in [2.75, 3.05) is 71.4 Å². The molecule has 2 aliphatic heterocycles. The Bertz CT molecular complexity index is 786. The summed E-state index contributed by atoms with van der Waals surface area (Å²) in [7, 11) is 4.31. The number of fused-ring (bicyclic) bond motifs is 2. The molecule has 4 rings (SSSR count). The van der Waals surface area contributed by atoms with Crippen molar-refractivity contribution in [3.63, 3.8) is 0 Å². The Morgan fingerprint density at radius 2 is 1.48 bits per heavy atom. The second-order valence-corrected chi connectivity index (χ2v) is 9.28. The number of aliphatic hydroxyl groups is 1. The van der Waals surface area contributed by atoms with Crippen LogP contribution in [0.2, 0.25) is 0 Å². The highest BCUT2D eigenvalue weighted by Crippen LogP contribution is 2.35. The number of benzene rings is 2. The normalized spacial score (nSPS) is 18.5. The molecule has 0 spiro atoms. The van der Waals surface area contributed by atoms with Gasteiger partial charge < -0.3 is 19.8 Å². The van der Waals surface area contributed by atoms with Crippen LogP contribution in [0.3, 0.4) is 0 Å². The van der Waals surface area contributed by atoms with Crippen LogP contribution in [0.25, 0.3) is 0 Å². The molecule has 0 saturated carbocycles. The highest BCUT2D eigenvalue weighted by atomic mass is 16.3. The minimum Gasteiger partial charge on any atom is -0.390 e. The minimum absolute atomic E-state index is 0.284. The third-order valence-electron chi connectivity index (χ3n) is 6.74. The van der Waals surface area contributed by atoms with E-state index in [1.165, 1.54) is 22.5 Å². The predicted molar refractivity (Wildman–Crippen MR) is 129 cm³/mol. The zero-order valence-electron chi connectivity index (χ0n) is 19.2. The van der Waals surface area contributed by atoms with Crippen LogP contribution in [0.15, 0.2) is 48.5 Å². The molecular formula is C26H38N4O. The van der Waals surface area contributed by atoms with Crippen LogP contribution in [0.1, 0.15) is 17.5 Å². The molecule has 1 unspecified atom stereocenters. The highest BCUT2D eigenvalue weighted by Gasteiger charge is 2.21. The Kier molecular flexibility index (Phi) is 7.62. The number of anilines is 2. The van der Waals surface area contributed by atoms with E-state index in [2.05, 4.69) is 82.2 Å². The van der Waals surface area contributed by atoms with Crippen LogP contribution in [-0.2, 0) is 12.8 Å². The Labute approximate surface area is 187 Å². The molecule has 0 aliphatic carbocycles. The summed E-state index contributed by atoms with van der Waals surface area (Å²) in [6.07, 6.45) is 2.98. The van der Waals surface area contributed by atoms with E-state index in [0.29, 0.717) is 0 Å². The standard InChI is InChI=1S/C26H38N4O/c1-27-16-18-29(19-17-27)21-24(31)20-28(2)14-7-15-30-25-10-5-3-8-22(25)12-13-23-9-4-6-11-26(23)30/h3-6,8-11,24,31H,7,12-21H2,1-2H3. The molecule has 5 nitrogen and oxygen atoms in total. The molecule has 0 radical (unpaired) electrons. The molecule has 1 atom stereocenters. The smallest absolute Gasteiger partial charge is 0.0793 e. The fourth-order valence-electron chi connectivity index (χ4n) is 4.95. The summed E-state index contributed by atoms with van der Waals surface area (Å²) in [6.45, 7) is 7.82.